The topological polar surface area (TPSA) is 39.2 Å². The minimum absolute atomic E-state index is 0.0205. The Bertz CT molecular complexity index is 413. The van der Waals surface area contributed by atoms with Crippen molar-refractivity contribution in [3.05, 3.63) is 26.4 Å². The zero-order chi connectivity index (χ0) is 12.3. The smallest absolute Gasteiger partial charge is 0.340 e. The van der Waals surface area contributed by atoms with Gasteiger partial charge < -0.3 is 4.74 Å². The van der Waals surface area contributed by atoms with Crippen molar-refractivity contribution in [3.8, 4) is 0 Å². The predicted molar refractivity (Wildman–Crippen MR) is 60.6 cm³/mol. The van der Waals surface area contributed by atoms with E-state index >= 15 is 0 Å². The largest absolute Gasteiger partial charge is 0.462 e. The number of esters is 1. The Labute approximate surface area is 107 Å². The molecule has 3 nitrogen and oxygen atoms in total. The summed E-state index contributed by atoms with van der Waals surface area (Å²) in [5.41, 5.74) is -0.460. The quantitative estimate of drug-likeness (QED) is 0.773. The summed E-state index contributed by atoms with van der Waals surface area (Å²) in [6.07, 6.45) is -1.60. The molecule has 0 bridgehead atoms. The van der Waals surface area contributed by atoms with Crippen molar-refractivity contribution in [2.45, 2.75) is 13.3 Å². The van der Waals surface area contributed by atoms with Crippen LogP contribution in [0.5, 0.6) is 0 Å². The molecule has 0 aliphatic heterocycles. The van der Waals surface area contributed by atoms with Crippen molar-refractivity contribution in [1.29, 1.82) is 0 Å². The number of hydrogen-bond donors (Lipinski definition) is 0. The lowest BCUT2D eigenvalue weighted by molar-refractivity contribution is 0.0523. The Morgan fingerprint density at radius 2 is 2.19 bits per heavy atom. The van der Waals surface area contributed by atoms with Gasteiger partial charge in [0.05, 0.1) is 21.1 Å². The van der Waals surface area contributed by atoms with Gasteiger partial charge in [0, 0.05) is 6.20 Å². The highest BCUT2D eigenvalue weighted by atomic mass is 79.9. The Balaban J connectivity index is 3.26. The van der Waals surface area contributed by atoms with E-state index in [2.05, 4.69) is 36.8 Å². The maximum Gasteiger partial charge on any atom is 0.340 e. The lowest BCUT2D eigenvalue weighted by Crippen LogP contribution is -2.09. The van der Waals surface area contributed by atoms with Crippen LogP contribution in [0.1, 0.15) is 29.4 Å². The van der Waals surface area contributed by atoms with Gasteiger partial charge in [-0.25, -0.2) is 13.6 Å². The number of rotatable bonds is 3. The standard InChI is InChI=1S/C9H7Br2F2NO2/c1-2-16-9(15)5-4(10)3-14-7(6(5)11)8(12)13/h3,8H,2H2,1H3. The number of alkyl halides is 2. The van der Waals surface area contributed by atoms with Crippen molar-refractivity contribution in [2.24, 2.45) is 0 Å². The summed E-state index contributed by atoms with van der Waals surface area (Å²) in [5, 5.41) is 0. The molecule has 0 atom stereocenters. The predicted octanol–water partition coefficient (Wildman–Crippen LogP) is 3.72. The van der Waals surface area contributed by atoms with E-state index in [0.717, 1.165) is 6.20 Å². The molecule has 1 heterocycles. The third kappa shape index (κ3) is 2.76. The summed E-state index contributed by atoms with van der Waals surface area (Å²) in [6, 6.07) is 0. The van der Waals surface area contributed by atoms with Crippen LogP contribution in [0, 0.1) is 0 Å². The first-order valence-corrected chi connectivity index (χ1v) is 5.86. The minimum Gasteiger partial charge on any atom is -0.462 e. The molecule has 0 unspecified atom stereocenters. The monoisotopic (exact) mass is 357 g/mol. The van der Waals surface area contributed by atoms with Gasteiger partial charge in [-0.15, -0.1) is 0 Å². The van der Waals surface area contributed by atoms with Crippen LogP contribution in [0.15, 0.2) is 15.1 Å². The Morgan fingerprint density at radius 1 is 1.56 bits per heavy atom. The molecule has 0 saturated carbocycles. The van der Waals surface area contributed by atoms with Gasteiger partial charge in [-0.05, 0) is 38.8 Å². The number of halogens is 4. The molecule has 1 aromatic rings. The van der Waals surface area contributed by atoms with Crippen LogP contribution in [0.3, 0.4) is 0 Å². The lowest BCUT2D eigenvalue weighted by atomic mass is 10.2. The van der Waals surface area contributed by atoms with Gasteiger partial charge in [-0.1, -0.05) is 0 Å². The molecule has 0 amide bonds. The van der Waals surface area contributed by atoms with Crippen LogP contribution in [0.25, 0.3) is 0 Å². The number of carbonyl (C=O) groups is 1. The first kappa shape index (κ1) is 13.5. The summed E-state index contributed by atoms with van der Waals surface area (Å²) < 4.78 is 30.1. The number of nitrogens with zero attached hydrogens (tertiary/aromatic N) is 1. The average molecular weight is 359 g/mol. The molecule has 0 aromatic carbocycles. The highest BCUT2D eigenvalue weighted by Crippen LogP contribution is 2.32. The zero-order valence-electron chi connectivity index (χ0n) is 8.14. The summed E-state index contributed by atoms with van der Waals surface area (Å²) in [4.78, 5) is 15.0. The van der Waals surface area contributed by atoms with Crippen LogP contribution in [0.2, 0.25) is 0 Å². The second kappa shape index (κ2) is 5.67. The summed E-state index contributed by atoms with van der Waals surface area (Å²) in [6.45, 7) is 1.80. The van der Waals surface area contributed by atoms with Gasteiger partial charge in [-0.3, -0.25) is 4.98 Å². The first-order valence-electron chi connectivity index (χ1n) is 4.28. The molecule has 7 heteroatoms. The Morgan fingerprint density at radius 3 is 2.69 bits per heavy atom. The number of pyridine rings is 1. The maximum absolute atomic E-state index is 12.5. The van der Waals surface area contributed by atoms with Gasteiger partial charge in [0.25, 0.3) is 6.43 Å². The van der Waals surface area contributed by atoms with Crippen LogP contribution in [0.4, 0.5) is 8.78 Å². The number of aromatic nitrogens is 1. The van der Waals surface area contributed by atoms with Gasteiger partial charge in [0.15, 0.2) is 0 Å². The average Bonchev–Trinajstić information content (AvgIpc) is 2.17. The molecule has 0 fully saturated rings. The molecule has 0 aliphatic carbocycles. The van der Waals surface area contributed by atoms with Crippen LogP contribution in [-0.2, 0) is 4.74 Å². The molecule has 0 spiro atoms. The summed E-state index contributed by atoms with van der Waals surface area (Å²) in [7, 11) is 0. The first-order chi connectivity index (χ1) is 7.49. The number of carbonyl (C=O) groups excluding carboxylic acids is 1. The van der Waals surface area contributed by atoms with E-state index in [9.17, 15) is 13.6 Å². The van der Waals surface area contributed by atoms with E-state index < -0.39 is 18.1 Å². The summed E-state index contributed by atoms with van der Waals surface area (Å²) >= 11 is 5.99. The molecule has 0 aliphatic rings. The SMILES string of the molecule is CCOC(=O)c1c(Br)cnc(C(F)F)c1Br. The van der Waals surface area contributed by atoms with Gasteiger partial charge in [0.2, 0.25) is 0 Å². The van der Waals surface area contributed by atoms with Crippen molar-refractivity contribution in [2.75, 3.05) is 6.61 Å². The molecule has 88 valence electrons. The second-order valence-corrected chi connectivity index (χ2v) is 4.35. The second-order valence-electron chi connectivity index (χ2n) is 2.70. The van der Waals surface area contributed by atoms with E-state index in [-0.39, 0.29) is 16.6 Å². The zero-order valence-corrected chi connectivity index (χ0v) is 11.3. The van der Waals surface area contributed by atoms with Gasteiger partial charge >= 0.3 is 5.97 Å². The molecule has 0 radical (unpaired) electrons. The molecule has 1 rings (SSSR count). The third-order valence-corrected chi connectivity index (χ3v) is 3.09. The third-order valence-electron chi connectivity index (χ3n) is 1.69. The van der Waals surface area contributed by atoms with E-state index in [1.54, 1.807) is 6.92 Å². The van der Waals surface area contributed by atoms with E-state index in [1.807, 2.05) is 0 Å². The van der Waals surface area contributed by atoms with E-state index in [1.165, 1.54) is 0 Å². The maximum atomic E-state index is 12.5. The van der Waals surface area contributed by atoms with Crippen molar-refractivity contribution in [3.63, 3.8) is 0 Å². The van der Waals surface area contributed by atoms with Crippen LogP contribution in [-0.4, -0.2) is 17.6 Å². The molecule has 16 heavy (non-hydrogen) atoms. The van der Waals surface area contributed by atoms with E-state index in [0.29, 0.717) is 4.47 Å². The highest BCUT2D eigenvalue weighted by molar-refractivity contribution is 9.11. The fourth-order valence-electron chi connectivity index (χ4n) is 1.02. The molecule has 0 N–H and O–H groups in total. The minimum atomic E-state index is -2.75. The van der Waals surface area contributed by atoms with Crippen molar-refractivity contribution >= 4 is 37.8 Å². The van der Waals surface area contributed by atoms with Gasteiger partial charge in [-0.2, -0.15) is 0 Å². The van der Waals surface area contributed by atoms with Gasteiger partial charge in [0.1, 0.15) is 5.69 Å². The van der Waals surface area contributed by atoms with E-state index in [4.69, 9.17) is 4.74 Å². The summed E-state index contributed by atoms with van der Waals surface area (Å²) in [5.74, 6) is -0.675. The Hall–Kier alpha value is -0.560. The molecule has 1 aromatic heterocycles. The molecular formula is C9H7Br2F2NO2. The normalized spacial score (nSPS) is 10.6. The fraction of sp³-hybridized carbons (Fsp3) is 0.333. The molecule has 0 saturated heterocycles. The highest BCUT2D eigenvalue weighted by Gasteiger charge is 2.23. The lowest BCUT2D eigenvalue weighted by Gasteiger charge is -2.09. The van der Waals surface area contributed by atoms with Crippen molar-refractivity contribution in [1.82, 2.24) is 4.98 Å². The number of ether oxygens (including phenoxy) is 1. The fourth-order valence-corrected chi connectivity index (χ4v) is 2.40. The van der Waals surface area contributed by atoms with Crippen LogP contribution < -0.4 is 0 Å². The number of hydrogen-bond acceptors (Lipinski definition) is 3. The molecular weight excluding hydrogens is 352 g/mol. The van der Waals surface area contributed by atoms with Crippen molar-refractivity contribution < 1.29 is 18.3 Å². The Kier molecular flexibility index (Phi) is 4.79. The van der Waals surface area contributed by atoms with Crippen LogP contribution >= 0.6 is 31.9 Å².